The summed E-state index contributed by atoms with van der Waals surface area (Å²) in [7, 11) is 1.70. The van der Waals surface area contributed by atoms with Crippen LogP contribution in [-0.2, 0) is 4.79 Å². The molecule has 2 aromatic rings. The molecule has 0 saturated carbocycles. The zero-order chi connectivity index (χ0) is 19.0. The first-order valence-electron chi connectivity index (χ1n) is 8.97. The van der Waals surface area contributed by atoms with Gasteiger partial charge in [-0.2, -0.15) is 0 Å². The van der Waals surface area contributed by atoms with Gasteiger partial charge in [0.25, 0.3) is 5.91 Å². The molecule has 0 bridgehead atoms. The molecule has 2 aliphatic rings. The maximum Gasteiger partial charge on any atom is 0.322 e. The Labute approximate surface area is 158 Å². The molecule has 2 heterocycles. The molecule has 1 unspecified atom stereocenters. The van der Waals surface area contributed by atoms with E-state index < -0.39 is 6.04 Å². The summed E-state index contributed by atoms with van der Waals surface area (Å²) >= 11 is 0. The molecule has 3 amide bonds. The number of ether oxygens (including phenoxy) is 1. The highest BCUT2D eigenvalue weighted by atomic mass is 16.5. The van der Waals surface area contributed by atoms with E-state index in [4.69, 9.17) is 4.74 Å². The highest BCUT2D eigenvalue weighted by molar-refractivity contribution is 6.11. The number of hydrogen-bond acceptors (Lipinski definition) is 3. The second-order valence-electron chi connectivity index (χ2n) is 6.53. The standard InChI is InChI=1S/C21H21N3O3/c1-3-27-16-11-9-15(10-12-16)24-13-17-18(20(24)25)19(22-21(26)23(17)2)14-7-5-4-6-8-14/h4-12,19H,3,13H2,1-2H3,(H,22,26). The Kier molecular flexibility index (Phi) is 4.32. The molecule has 6 nitrogen and oxygen atoms in total. The van der Waals surface area contributed by atoms with Crippen molar-refractivity contribution in [1.82, 2.24) is 10.2 Å². The van der Waals surface area contributed by atoms with Crippen LogP contribution in [0.15, 0.2) is 65.9 Å². The Morgan fingerprint density at radius 3 is 2.44 bits per heavy atom. The topological polar surface area (TPSA) is 61.9 Å². The lowest BCUT2D eigenvalue weighted by Gasteiger charge is -2.31. The number of carbonyl (C=O) groups is 2. The SMILES string of the molecule is CCOc1ccc(N2CC3=C(C2=O)C(c2ccccc2)NC(=O)N3C)cc1. The average molecular weight is 363 g/mol. The largest absolute Gasteiger partial charge is 0.494 e. The van der Waals surface area contributed by atoms with Gasteiger partial charge in [-0.3, -0.25) is 9.69 Å². The molecule has 6 heteroatoms. The van der Waals surface area contributed by atoms with Crippen molar-refractivity contribution in [2.24, 2.45) is 0 Å². The van der Waals surface area contributed by atoms with Crippen LogP contribution >= 0.6 is 0 Å². The number of benzene rings is 2. The summed E-state index contributed by atoms with van der Waals surface area (Å²) in [6.07, 6.45) is 0. The molecular formula is C21H21N3O3. The van der Waals surface area contributed by atoms with Crippen LogP contribution in [0, 0.1) is 0 Å². The monoisotopic (exact) mass is 363 g/mol. The van der Waals surface area contributed by atoms with E-state index in [2.05, 4.69) is 5.32 Å². The minimum atomic E-state index is -0.440. The lowest BCUT2D eigenvalue weighted by atomic mass is 9.96. The fourth-order valence-electron chi connectivity index (χ4n) is 3.56. The molecule has 0 fully saturated rings. The first kappa shape index (κ1) is 17.1. The number of urea groups is 1. The highest BCUT2D eigenvalue weighted by Gasteiger charge is 2.43. The summed E-state index contributed by atoms with van der Waals surface area (Å²) in [6.45, 7) is 2.89. The van der Waals surface area contributed by atoms with Crippen LogP contribution in [-0.4, -0.2) is 37.0 Å². The molecule has 0 saturated heterocycles. The van der Waals surface area contributed by atoms with Gasteiger partial charge in [-0.25, -0.2) is 4.79 Å². The lowest BCUT2D eigenvalue weighted by Crippen LogP contribution is -2.45. The predicted octanol–water partition coefficient (Wildman–Crippen LogP) is 3.08. The third-order valence-electron chi connectivity index (χ3n) is 4.95. The Hall–Kier alpha value is -3.28. The molecule has 138 valence electrons. The van der Waals surface area contributed by atoms with Crippen molar-refractivity contribution in [3.05, 3.63) is 71.4 Å². The molecule has 0 radical (unpaired) electrons. The van der Waals surface area contributed by atoms with Crippen LogP contribution in [0.4, 0.5) is 10.5 Å². The summed E-state index contributed by atoms with van der Waals surface area (Å²) in [5.74, 6) is 0.677. The van der Waals surface area contributed by atoms with Gasteiger partial charge in [-0.15, -0.1) is 0 Å². The third kappa shape index (κ3) is 2.93. The van der Waals surface area contributed by atoms with Crippen molar-refractivity contribution < 1.29 is 14.3 Å². The molecule has 1 N–H and O–H groups in total. The van der Waals surface area contributed by atoms with Gasteiger partial charge in [0.2, 0.25) is 0 Å². The van der Waals surface area contributed by atoms with Crippen LogP contribution < -0.4 is 15.0 Å². The number of carbonyl (C=O) groups excluding carboxylic acids is 2. The summed E-state index contributed by atoms with van der Waals surface area (Å²) in [5, 5.41) is 2.94. The minimum Gasteiger partial charge on any atom is -0.494 e. The van der Waals surface area contributed by atoms with Crippen LogP contribution in [0.25, 0.3) is 0 Å². The van der Waals surface area contributed by atoms with Crippen LogP contribution in [0.3, 0.4) is 0 Å². The van der Waals surface area contributed by atoms with Gasteiger partial charge < -0.3 is 15.0 Å². The summed E-state index contributed by atoms with van der Waals surface area (Å²) in [6, 6.07) is 16.4. The molecular weight excluding hydrogens is 342 g/mol. The molecule has 27 heavy (non-hydrogen) atoms. The first-order valence-corrected chi connectivity index (χ1v) is 8.97. The molecule has 2 aromatic carbocycles. The number of rotatable bonds is 4. The Morgan fingerprint density at radius 2 is 1.78 bits per heavy atom. The maximum absolute atomic E-state index is 13.2. The number of hydrogen-bond donors (Lipinski definition) is 1. The number of likely N-dealkylation sites (N-methyl/N-ethyl adjacent to an activating group) is 1. The smallest absolute Gasteiger partial charge is 0.322 e. The Morgan fingerprint density at radius 1 is 1.07 bits per heavy atom. The van der Waals surface area contributed by atoms with Gasteiger partial charge >= 0.3 is 6.03 Å². The molecule has 0 aromatic heterocycles. The number of amides is 3. The fraction of sp³-hybridized carbons (Fsp3) is 0.238. The van der Waals surface area contributed by atoms with Gasteiger partial charge in [0.05, 0.1) is 30.5 Å². The predicted molar refractivity (Wildman–Crippen MR) is 102 cm³/mol. The molecule has 0 spiro atoms. The van der Waals surface area contributed by atoms with E-state index in [9.17, 15) is 9.59 Å². The lowest BCUT2D eigenvalue weighted by molar-refractivity contribution is -0.114. The van der Waals surface area contributed by atoms with E-state index in [0.29, 0.717) is 18.7 Å². The molecule has 4 rings (SSSR count). The van der Waals surface area contributed by atoms with Crippen molar-refractivity contribution in [2.45, 2.75) is 13.0 Å². The second kappa shape index (κ2) is 6.79. The second-order valence-corrected chi connectivity index (χ2v) is 6.53. The minimum absolute atomic E-state index is 0.0881. The number of nitrogens with zero attached hydrogens (tertiary/aromatic N) is 2. The van der Waals surface area contributed by atoms with E-state index in [-0.39, 0.29) is 11.9 Å². The van der Waals surface area contributed by atoms with E-state index >= 15 is 0 Å². The highest BCUT2D eigenvalue weighted by Crippen LogP contribution is 2.37. The number of nitrogens with one attached hydrogen (secondary N) is 1. The zero-order valence-electron chi connectivity index (χ0n) is 15.3. The molecule has 2 aliphatic heterocycles. The van der Waals surface area contributed by atoms with Gasteiger partial charge in [0.15, 0.2) is 0 Å². The van der Waals surface area contributed by atoms with Crippen molar-refractivity contribution >= 4 is 17.6 Å². The summed E-state index contributed by atoms with van der Waals surface area (Å²) in [5.41, 5.74) is 3.04. The van der Waals surface area contributed by atoms with E-state index in [0.717, 1.165) is 22.7 Å². The third-order valence-corrected chi connectivity index (χ3v) is 4.95. The number of anilines is 1. The van der Waals surface area contributed by atoms with E-state index in [1.54, 1.807) is 11.9 Å². The normalized spacial score (nSPS) is 19.3. The van der Waals surface area contributed by atoms with Crippen molar-refractivity contribution in [3.8, 4) is 5.75 Å². The van der Waals surface area contributed by atoms with Gasteiger partial charge in [-0.1, -0.05) is 30.3 Å². The first-order chi connectivity index (χ1) is 13.1. The Balaban J connectivity index is 1.68. The fourth-order valence-corrected chi connectivity index (χ4v) is 3.56. The van der Waals surface area contributed by atoms with Gasteiger partial charge in [-0.05, 0) is 36.8 Å². The maximum atomic E-state index is 13.2. The van der Waals surface area contributed by atoms with E-state index in [1.807, 2.05) is 61.5 Å². The van der Waals surface area contributed by atoms with Crippen LogP contribution in [0.2, 0.25) is 0 Å². The van der Waals surface area contributed by atoms with E-state index in [1.165, 1.54) is 4.90 Å². The zero-order valence-corrected chi connectivity index (χ0v) is 15.3. The quantitative estimate of drug-likeness (QED) is 0.908. The summed E-state index contributed by atoms with van der Waals surface area (Å²) < 4.78 is 5.47. The molecule has 0 aliphatic carbocycles. The van der Waals surface area contributed by atoms with Gasteiger partial charge in [0, 0.05) is 12.7 Å². The molecule has 1 atom stereocenters. The van der Waals surface area contributed by atoms with Crippen molar-refractivity contribution in [1.29, 1.82) is 0 Å². The van der Waals surface area contributed by atoms with Crippen molar-refractivity contribution in [3.63, 3.8) is 0 Å². The van der Waals surface area contributed by atoms with Gasteiger partial charge in [0.1, 0.15) is 5.75 Å². The van der Waals surface area contributed by atoms with Crippen molar-refractivity contribution in [2.75, 3.05) is 25.1 Å². The summed E-state index contributed by atoms with van der Waals surface area (Å²) in [4.78, 5) is 28.9. The van der Waals surface area contributed by atoms with Crippen LogP contribution in [0.5, 0.6) is 5.75 Å². The Bertz CT molecular complexity index is 906. The average Bonchev–Trinajstić information content (AvgIpc) is 3.04. The van der Waals surface area contributed by atoms with Crippen LogP contribution in [0.1, 0.15) is 18.5 Å².